The normalized spacial score (nSPS) is 10.8. The minimum atomic E-state index is -0.536. The molecule has 0 unspecified atom stereocenters. The molecule has 0 aliphatic heterocycles. The van der Waals surface area contributed by atoms with Gasteiger partial charge in [0.1, 0.15) is 6.54 Å². The van der Waals surface area contributed by atoms with E-state index in [0.29, 0.717) is 36.4 Å². The van der Waals surface area contributed by atoms with Crippen molar-refractivity contribution in [1.82, 2.24) is 19.4 Å². The number of rotatable bonds is 10. The molecule has 0 atom stereocenters. The molecule has 4 aromatic rings. The summed E-state index contributed by atoms with van der Waals surface area (Å²) in [5.41, 5.74) is 1.46. The van der Waals surface area contributed by atoms with Crippen LogP contribution in [-0.2, 0) is 30.7 Å². The van der Waals surface area contributed by atoms with Gasteiger partial charge in [-0.25, -0.2) is 9.78 Å². The predicted octanol–water partition coefficient (Wildman–Crippen LogP) is 2.18. The van der Waals surface area contributed by atoms with Crippen molar-refractivity contribution in [2.45, 2.75) is 25.9 Å². The van der Waals surface area contributed by atoms with Crippen molar-refractivity contribution in [2.75, 3.05) is 20.8 Å². The summed E-state index contributed by atoms with van der Waals surface area (Å²) >= 11 is 0. The molecule has 2 heterocycles. The lowest BCUT2D eigenvalue weighted by Gasteiger charge is -2.14. The van der Waals surface area contributed by atoms with E-state index >= 15 is 0 Å². The standard InChI is InChI=1S/C27H28N4O5/c1-35-22-11-10-20(17-23(22)36-2)12-15-28-24(32)18-31-21-9-6-14-29-25(21)26(33)30(27(31)34)16-13-19-7-4-3-5-8-19/h3-11,14,17H,12-13,15-16,18H2,1-2H3,(H,28,32). The minimum absolute atomic E-state index is 0.156. The lowest BCUT2D eigenvalue weighted by Crippen LogP contribution is -2.43. The first-order valence-electron chi connectivity index (χ1n) is 11.6. The highest BCUT2D eigenvalue weighted by Crippen LogP contribution is 2.27. The molecule has 9 heteroatoms. The first kappa shape index (κ1) is 24.7. The average Bonchev–Trinajstić information content (AvgIpc) is 2.91. The number of hydrogen-bond donors (Lipinski definition) is 1. The van der Waals surface area contributed by atoms with Gasteiger partial charge in [0.2, 0.25) is 5.91 Å². The maximum absolute atomic E-state index is 13.3. The number of carbonyl (C=O) groups is 1. The first-order chi connectivity index (χ1) is 17.5. The van der Waals surface area contributed by atoms with Gasteiger partial charge in [0.05, 0.1) is 19.7 Å². The molecule has 0 aliphatic rings. The van der Waals surface area contributed by atoms with Crippen LogP contribution in [0.15, 0.2) is 76.4 Å². The zero-order valence-corrected chi connectivity index (χ0v) is 20.3. The monoisotopic (exact) mass is 488 g/mol. The number of fused-ring (bicyclic) bond motifs is 1. The lowest BCUT2D eigenvalue weighted by atomic mass is 10.1. The highest BCUT2D eigenvalue weighted by molar-refractivity contribution is 5.79. The fraction of sp³-hybridized carbons (Fsp3) is 0.259. The van der Waals surface area contributed by atoms with Gasteiger partial charge < -0.3 is 14.8 Å². The molecule has 0 aliphatic carbocycles. The second-order valence-corrected chi connectivity index (χ2v) is 8.22. The third kappa shape index (κ3) is 5.46. The van der Waals surface area contributed by atoms with E-state index in [9.17, 15) is 14.4 Å². The van der Waals surface area contributed by atoms with E-state index in [1.807, 2.05) is 48.5 Å². The number of aromatic nitrogens is 3. The molecule has 0 fully saturated rings. The molecule has 186 valence electrons. The molecule has 0 saturated carbocycles. The van der Waals surface area contributed by atoms with Crippen LogP contribution < -0.4 is 26.0 Å². The third-order valence-electron chi connectivity index (χ3n) is 5.94. The first-order valence-corrected chi connectivity index (χ1v) is 11.6. The summed E-state index contributed by atoms with van der Waals surface area (Å²) in [4.78, 5) is 43.2. The molecule has 1 N–H and O–H groups in total. The van der Waals surface area contributed by atoms with Gasteiger partial charge in [-0.1, -0.05) is 36.4 Å². The molecule has 2 aromatic heterocycles. The number of amides is 1. The van der Waals surface area contributed by atoms with Crippen molar-refractivity contribution < 1.29 is 14.3 Å². The van der Waals surface area contributed by atoms with Gasteiger partial charge in [0.25, 0.3) is 5.56 Å². The molecule has 0 bridgehead atoms. The number of nitrogens with zero attached hydrogens (tertiary/aromatic N) is 3. The van der Waals surface area contributed by atoms with Crippen LogP contribution in [0.2, 0.25) is 0 Å². The SMILES string of the molecule is COc1ccc(CCNC(=O)Cn2c(=O)n(CCc3ccccc3)c(=O)c3ncccc32)cc1OC. The van der Waals surface area contributed by atoms with Crippen LogP contribution in [0.1, 0.15) is 11.1 Å². The highest BCUT2D eigenvalue weighted by Gasteiger charge is 2.16. The Balaban J connectivity index is 1.51. The molecule has 36 heavy (non-hydrogen) atoms. The number of aryl methyl sites for hydroxylation is 1. The fourth-order valence-electron chi connectivity index (χ4n) is 4.06. The Hall–Kier alpha value is -4.40. The smallest absolute Gasteiger partial charge is 0.332 e. The summed E-state index contributed by atoms with van der Waals surface area (Å²) in [6.45, 7) is 0.334. The van der Waals surface area contributed by atoms with Gasteiger partial charge in [-0.3, -0.25) is 18.7 Å². The number of benzene rings is 2. The van der Waals surface area contributed by atoms with Crippen molar-refractivity contribution in [3.05, 3.63) is 98.8 Å². The van der Waals surface area contributed by atoms with Gasteiger partial charge in [-0.15, -0.1) is 0 Å². The van der Waals surface area contributed by atoms with Crippen molar-refractivity contribution in [2.24, 2.45) is 0 Å². The van der Waals surface area contributed by atoms with Gasteiger partial charge in [-0.05, 0) is 48.2 Å². The number of carbonyl (C=O) groups excluding carboxylic acids is 1. The number of methoxy groups -OCH3 is 2. The summed E-state index contributed by atoms with van der Waals surface area (Å²) < 4.78 is 13.0. The molecule has 0 saturated heterocycles. The maximum Gasteiger partial charge on any atom is 0.332 e. The van der Waals surface area contributed by atoms with Crippen LogP contribution in [0.3, 0.4) is 0 Å². The Labute approximate surface area is 207 Å². The van der Waals surface area contributed by atoms with Gasteiger partial charge in [0.15, 0.2) is 17.0 Å². The van der Waals surface area contributed by atoms with E-state index in [2.05, 4.69) is 10.3 Å². The van der Waals surface area contributed by atoms with Crippen LogP contribution in [0.25, 0.3) is 11.0 Å². The summed E-state index contributed by atoms with van der Waals surface area (Å²) in [7, 11) is 3.14. The third-order valence-corrected chi connectivity index (χ3v) is 5.94. The molecule has 1 amide bonds. The van der Waals surface area contributed by atoms with E-state index in [4.69, 9.17) is 9.47 Å². The molecule has 4 rings (SSSR count). The Kier molecular flexibility index (Phi) is 7.79. The predicted molar refractivity (Wildman–Crippen MR) is 137 cm³/mol. The molecule has 2 aromatic carbocycles. The molecule has 9 nitrogen and oxygen atoms in total. The van der Waals surface area contributed by atoms with E-state index in [1.54, 1.807) is 26.4 Å². The highest BCUT2D eigenvalue weighted by atomic mass is 16.5. The molecular weight excluding hydrogens is 460 g/mol. The minimum Gasteiger partial charge on any atom is -0.493 e. The summed E-state index contributed by atoms with van der Waals surface area (Å²) in [5, 5.41) is 2.85. The van der Waals surface area contributed by atoms with Gasteiger partial charge >= 0.3 is 5.69 Å². The lowest BCUT2D eigenvalue weighted by molar-refractivity contribution is -0.121. The summed E-state index contributed by atoms with van der Waals surface area (Å²) in [6.07, 6.45) is 2.58. The zero-order chi connectivity index (χ0) is 25.5. The second-order valence-electron chi connectivity index (χ2n) is 8.22. The van der Waals surface area contributed by atoms with Gasteiger partial charge in [-0.2, -0.15) is 0 Å². The fourth-order valence-corrected chi connectivity index (χ4v) is 4.06. The largest absolute Gasteiger partial charge is 0.493 e. The topological polar surface area (TPSA) is 104 Å². The average molecular weight is 489 g/mol. The Morgan fingerprint density at radius 2 is 1.67 bits per heavy atom. The summed E-state index contributed by atoms with van der Waals surface area (Å²) in [5.74, 6) is 0.910. The molecular formula is C27H28N4O5. The number of pyridine rings is 1. The van der Waals surface area contributed by atoms with Crippen LogP contribution in [0, 0.1) is 0 Å². The van der Waals surface area contributed by atoms with Crippen LogP contribution in [-0.4, -0.2) is 40.8 Å². The van der Waals surface area contributed by atoms with Crippen molar-refractivity contribution >= 4 is 16.9 Å². The maximum atomic E-state index is 13.3. The van der Waals surface area contributed by atoms with E-state index in [0.717, 1.165) is 15.7 Å². The van der Waals surface area contributed by atoms with Gasteiger partial charge in [0, 0.05) is 19.3 Å². The molecule has 0 radical (unpaired) electrons. The van der Waals surface area contributed by atoms with Crippen molar-refractivity contribution in [3.8, 4) is 11.5 Å². The van der Waals surface area contributed by atoms with E-state index in [-0.39, 0.29) is 24.5 Å². The Morgan fingerprint density at radius 1 is 0.889 bits per heavy atom. The second kappa shape index (κ2) is 11.4. The van der Waals surface area contributed by atoms with E-state index < -0.39 is 11.2 Å². The number of nitrogens with one attached hydrogen (secondary N) is 1. The zero-order valence-electron chi connectivity index (χ0n) is 20.3. The van der Waals surface area contributed by atoms with Crippen LogP contribution >= 0.6 is 0 Å². The number of ether oxygens (including phenoxy) is 2. The Morgan fingerprint density at radius 3 is 2.42 bits per heavy atom. The molecule has 0 spiro atoms. The summed E-state index contributed by atoms with van der Waals surface area (Å²) in [6, 6.07) is 18.4. The van der Waals surface area contributed by atoms with Crippen molar-refractivity contribution in [3.63, 3.8) is 0 Å². The van der Waals surface area contributed by atoms with E-state index in [1.165, 1.54) is 10.8 Å². The van der Waals surface area contributed by atoms with Crippen molar-refractivity contribution in [1.29, 1.82) is 0 Å². The van der Waals surface area contributed by atoms with Crippen LogP contribution in [0.5, 0.6) is 11.5 Å². The number of hydrogen-bond acceptors (Lipinski definition) is 6. The van der Waals surface area contributed by atoms with Crippen LogP contribution in [0.4, 0.5) is 0 Å². The quantitative estimate of drug-likeness (QED) is 0.367. The Bertz CT molecular complexity index is 1480.